The molecule has 0 aliphatic carbocycles. The summed E-state index contributed by atoms with van der Waals surface area (Å²) in [5.74, 6) is -0.792. The zero-order valence-corrected chi connectivity index (χ0v) is 11.1. The van der Waals surface area contributed by atoms with Gasteiger partial charge in [0.25, 0.3) is 0 Å². The third-order valence-electron chi connectivity index (χ3n) is 2.72. The van der Waals surface area contributed by atoms with Gasteiger partial charge in [0, 0.05) is 19.7 Å². The minimum Gasteiger partial charge on any atom is -0.481 e. The van der Waals surface area contributed by atoms with Gasteiger partial charge in [-0.1, -0.05) is 24.3 Å². The van der Waals surface area contributed by atoms with E-state index in [0.717, 1.165) is 30.8 Å². The summed E-state index contributed by atoms with van der Waals surface area (Å²) in [6, 6.07) is 7.67. The Labute approximate surface area is 108 Å². The second kappa shape index (κ2) is 7.84. The molecular formula is C14H21NO3. The number of carboxylic acid groups (broad SMARTS) is 1. The van der Waals surface area contributed by atoms with Crippen molar-refractivity contribution < 1.29 is 14.6 Å². The quantitative estimate of drug-likeness (QED) is 0.716. The Morgan fingerprint density at radius 1 is 1.33 bits per heavy atom. The van der Waals surface area contributed by atoms with Crippen LogP contribution in [0.25, 0.3) is 0 Å². The fraction of sp³-hybridized carbons (Fsp3) is 0.500. The van der Waals surface area contributed by atoms with Gasteiger partial charge in [-0.05, 0) is 25.1 Å². The number of hydrogen-bond acceptors (Lipinski definition) is 3. The molecule has 1 rings (SSSR count). The molecule has 0 amide bonds. The van der Waals surface area contributed by atoms with Crippen molar-refractivity contribution >= 4 is 5.97 Å². The molecule has 1 aromatic carbocycles. The van der Waals surface area contributed by atoms with Crippen LogP contribution in [0.4, 0.5) is 0 Å². The molecule has 18 heavy (non-hydrogen) atoms. The molecule has 0 saturated carbocycles. The van der Waals surface area contributed by atoms with E-state index in [1.807, 2.05) is 38.2 Å². The van der Waals surface area contributed by atoms with Crippen LogP contribution in [0.5, 0.6) is 0 Å². The number of ether oxygens (including phenoxy) is 1. The highest BCUT2D eigenvalue weighted by Gasteiger charge is 2.08. The molecule has 0 radical (unpaired) electrons. The minimum absolute atomic E-state index is 0.0788. The Kier molecular flexibility index (Phi) is 6.39. The van der Waals surface area contributed by atoms with Gasteiger partial charge in [-0.25, -0.2) is 0 Å². The Bertz CT molecular complexity index is 379. The number of likely N-dealkylation sites (N-methyl/N-ethyl adjacent to an activating group) is 1. The third-order valence-corrected chi connectivity index (χ3v) is 2.72. The van der Waals surface area contributed by atoms with Gasteiger partial charge in [0.05, 0.1) is 13.0 Å². The van der Waals surface area contributed by atoms with E-state index in [1.165, 1.54) is 0 Å². The monoisotopic (exact) mass is 251 g/mol. The molecule has 0 aliphatic rings. The van der Waals surface area contributed by atoms with Crippen LogP contribution in [0.15, 0.2) is 24.3 Å². The largest absolute Gasteiger partial charge is 0.481 e. The van der Waals surface area contributed by atoms with E-state index in [-0.39, 0.29) is 6.42 Å². The molecule has 0 saturated heterocycles. The summed E-state index contributed by atoms with van der Waals surface area (Å²) in [5.41, 5.74) is 1.95. The maximum absolute atomic E-state index is 10.8. The highest BCUT2D eigenvalue weighted by atomic mass is 16.5. The van der Waals surface area contributed by atoms with E-state index in [4.69, 9.17) is 9.84 Å². The Morgan fingerprint density at radius 3 is 2.61 bits per heavy atom. The third kappa shape index (κ3) is 5.29. The van der Waals surface area contributed by atoms with Crippen molar-refractivity contribution in [2.24, 2.45) is 0 Å². The van der Waals surface area contributed by atoms with Gasteiger partial charge in [-0.15, -0.1) is 0 Å². The molecule has 0 fully saturated rings. The summed E-state index contributed by atoms with van der Waals surface area (Å²) in [6.07, 6.45) is 0.0788. The molecule has 1 aromatic rings. The Morgan fingerprint density at radius 2 is 2.00 bits per heavy atom. The predicted molar refractivity (Wildman–Crippen MR) is 70.6 cm³/mol. The number of carboxylic acids is 1. The lowest BCUT2D eigenvalue weighted by Crippen LogP contribution is -2.23. The highest BCUT2D eigenvalue weighted by Crippen LogP contribution is 2.11. The first-order valence-corrected chi connectivity index (χ1v) is 6.18. The molecule has 4 heteroatoms. The number of nitrogens with zero attached hydrogens (tertiary/aromatic N) is 1. The predicted octanol–water partition coefficient (Wildman–Crippen LogP) is 1.78. The second-order valence-electron chi connectivity index (χ2n) is 4.27. The van der Waals surface area contributed by atoms with Gasteiger partial charge >= 0.3 is 5.97 Å². The number of benzene rings is 1. The second-order valence-corrected chi connectivity index (χ2v) is 4.27. The van der Waals surface area contributed by atoms with Crippen molar-refractivity contribution in [3.63, 3.8) is 0 Å². The average molecular weight is 251 g/mol. The standard InChI is InChI=1S/C14H21NO3/c1-3-18-9-8-15(2)11-13-7-5-4-6-12(13)10-14(16)17/h4-7H,3,8-11H2,1-2H3,(H,16,17). The molecule has 0 aliphatic heterocycles. The topological polar surface area (TPSA) is 49.8 Å². The zero-order valence-electron chi connectivity index (χ0n) is 11.1. The van der Waals surface area contributed by atoms with Crippen LogP contribution in [0, 0.1) is 0 Å². The average Bonchev–Trinajstić information content (AvgIpc) is 2.31. The fourth-order valence-electron chi connectivity index (χ4n) is 1.78. The smallest absolute Gasteiger partial charge is 0.307 e. The van der Waals surface area contributed by atoms with Crippen LogP contribution in [0.3, 0.4) is 0 Å². The van der Waals surface area contributed by atoms with E-state index in [1.54, 1.807) is 0 Å². The molecule has 100 valence electrons. The van der Waals surface area contributed by atoms with Crippen LogP contribution in [0.1, 0.15) is 18.1 Å². The summed E-state index contributed by atoms with van der Waals surface area (Å²) in [4.78, 5) is 12.9. The maximum atomic E-state index is 10.8. The number of carbonyl (C=O) groups is 1. The van der Waals surface area contributed by atoms with Crippen molar-refractivity contribution in [1.82, 2.24) is 4.90 Å². The lowest BCUT2D eigenvalue weighted by molar-refractivity contribution is -0.136. The highest BCUT2D eigenvalue weighted by molar-refractivity contribution is 5.70. The van der Waals surface area contributed by atoms with E-state index in [2.05, 4.69) is 4.90 Å². The summed E-state index contributed by atoms with van der Waals surface area (Å²) >= 11 is 0. The van der Waals surface area contributed by atoms with Crippen LogP contribution >= 0.6 is 0 Å². The first kappa shape index (κ1) is 14.7. The molecule has 4 nitrogen and oxygen atoms in total. The van der Waals surface area contributed by atoms with Gasteiger partial charge in [-0.3, -0.25) is 9.69 Å². The Hall–Kier alpha value is -1.39. The summed E-state index contributed by atoms with van der Waals surface area (Å²) in [5, 5.41) is 8.87. The van der Waals surface area contributed by atoms with E-state index in [0.29, 0.717) is 6.61 Å². The van der Waals surface area contributed by atoms with Crippen LogP contribution in [0.2, 0.25) is 0 Å². The van der Waals surface area contributed by atoms with Crippen molar-refractivity contribution in [2.45, 2.75) is 19.9 Å². The lowest BCUT2D eigenvalue weighted by Gasteiger charge is -2.18. The van der Waals surface area contributed by atoms with Gasteiger partial charge in [0.1, 0.15) is 0 Å². The summed E-state index contributed by atoms with van der Waals surface area (Å²) in [6.45, 7) is 4.99. The van der Waals surface area contributed by atoms with Crippen molar-refractivity contribution in [3.8, 4) is 0 Å². The SMILES string of the molecule is CCOCCN(C)Cc1ccccc1CC(=O)O. The normalized spacial score (nSPS) is 10.8. The Balaban J connectivity index is 2.57. The zero-order chi connectivity index (χ0) is 13.4. The molecule has 1 N–H and O–H groups in total. The maximum Gasteiger partial charge on any atom is 0.307 e. The first-order chi connectivity index (χ1) is 8.63. The molecular weight excluding hydrogens is 230 g/mol. The van der Waals surface area contributed by atoms with Crippen LogP contribution in [-0.4, -0.2) is 42.8 Å². The molecule has 0 aromatic heterocycles. The van der Waals surface area contributed by atoms with Crippen molar-refractivity contribution in [3.05, 3.63) is 35.4 Å². The van der Waals surface area contributed by atoms with Crippen molar-refractivity contribution in [2.75, 3.05) is 26.8 Å². The van der Waals surface area contributed by atoms with Gasteiger partial charge in [0.2, 0.25) is 0 Å². The van der Waals surface area contributed by atoms with E-state index >= 15 is 0 Å². The fourth-order valence-corrected chi connectivity index (χ4v) is 1.78. The molecule has 0 spiro atoms. The number of rotatable bonds is 8. The lowest BCUT2D eigenvalue weighted by atomic mass is 10.0. The van der Waals surface area contributed by atoms with Crippen molar-refractivity contribution in [1.29, 1.82) is 0 Å². The minimum atomic E-state index is -0.792. The molecule has 0 atom stereocenters. The summed E-state index contributed by atoms with van der Waals surface area (Å²) < 4.78 is 5.30. The van der Waals surface area contributed by atoms with Crippen LogP contribution in [-0.2, 0) is 22.5 Å². The van der Waals surface area contributed by atoms with E-state index < -0.39 is 5.97 Å². The number of aliphatic carboxylic acids is 1. The van der Waals surface area contributed by atoms with Gasteiger partial charge in [-0.2, -0.15) is 0 Å². The molecule has 0 unspecified atom stereocenters. The first-order valence-electron chi connectivity index (χ1n) is 6.18. The van der Waals surface area contributed by atoms with Gasteiger partial charge < -0.3 is 9.84 Å². The number of hydrogen-bond donors (Lipinski definition) is 1. The van der Waals surface area contributed by atoms with Gasteiger partial charge in [0.15, 0.2) is 0 Å². The summed E-state index contributed by atoms with van der Waals surface area (Å²) in [7, 11) is 2.01. The molecule has 0 heterocycles. The molecule has 0 bridgehead atoms. The van der Waals surface area contributed by atoms with E-state index in [9.17, 15) is 4.79 Å². The van der Waals surface area contributed by atoms with Crippen LogP contribution < -0.4 is 0 Å².